The van der Waals surface area contributed by atoms with Crippen molar-refractivity contribution in [2.45, 2.75) is 54.0 Å². The molecule has 0 unspecified atom stereocenters. The van der Waals surface area contributed by atoms with Crippen LogP contribution in [0.4, 0.5) is 5.69 Å². The number of rotatable bonds is 1. The highest BCUT2D eigenvalue weighted by Crippen LogP contribution is 2.39. The molecule has 1 amide bonds. The molecule has 2 aromatic rings. The highest BCUT2D eigenvalue weighted by molar-refractivity contribution is 5.98. The molecule has 1 aromatic heterocycles. The highest BCUT2D eigenvalue weighted by Gasteiger charge is 2.29. The molecule has 0 saturated heterocycles. The number of carbonyl (C=O) groups is 1. The number of nitrogens with one attached hydrogen (secondary N) is 1. The zero-order chi connectivity index (χ0) is 20.9. The van der Waals surface area contributed by atoms with E-state index in [0.29, 0.717) is 5.58 Å². The summed E-state index contributed by atoms with van der Waals surface area (Å²) in [5.41, 5.74) is 3.02. The summed E-state index contributed by atoms with van der Waals surface area (Å²) in [7, 11) is 3.51. The van der Waals surface area contributed by atoms with E-state index in [1.54, 1.807) is 6.07 Å². The van der Waals surface area contributed by atoms with E-state index in [4.69, 9.17) is 4.42 Å². The molecule has 1 aliphatic heterocycles. The van der Waals surface area contributed by atoms with E-state index in [1.165, 1.54) is 7.05 Å². The summed E-state index contributed by atoms with van der Waals surface area (Å²) in [6.07, 6.45) is 2.21. The van der Waals surface area contributed by atoms with Crippen LogP contribution in [-0.4, -0.2) is 25.5 Å². The fourth-order valence-corrected chi connectivity index (χ4v) is 3.06. The van der Waals surface area contributed by atoms with Crippen LogP contribution in [-0.2, 0) is 0 Å². The van der Waals surface area contributed by atoms with Crippen molar-refractivity contribution < 1.29 is 9.21 Å². The van der Waals surface area contributed by atoms with Gasteiger partial charge in [-0.2, -0.15) is 0 Å². The Kier molecular flexibility index (Phi) is 7.40. The van der Waals surface area contributed by atoms with Gasteiger partial charge >= 0.3 is 5.63 Å². The molecule has 5 nitrogen and oxygen atoms in total. The number of amides is 1. The molecular formula is C22H32N2O3. The smallest absolute Gasteiger partial charge is 0.349 e. The maximum Gasteiger partial charge on any atom is 0.349 e. The lowest BCUT2D eigenvalue weighted by Gasteiger charge is -2.40. The summed E-state index contributed by atoms with van der Waals surface area (Å²) in [4.78, 5) is 26.0. The summed E-state index contributed by atoms with van der Waals surface area (Å²) in [6, 6.07) is 5.43. The van der Waals surface area contributed by atoms with Gasteiger partial charge < -0.3 is 14.6 Å². The van der Waals surface area contributed by atoms with Gasteiger partial charge in [0.1, 0.15) is 11.1 Å². The van der Waals surface area contributed by atoms with Gasteiger partial charge in [-0.15, -0.1) is 0 Å². The van der Waals surface area contributed by atoms with Crippen molar-refractivity contribution >= 4 is 28.1 Å². The van der Waals surface area contributed by atoms with Crippen molar-refractivity contribution in [2.24, 2.45) is 0 Å². The van der Waals surface area contributed by atoms with Gasteiger partial charge in [0, 0.05) is 36.8 Å². The third-order valence-corrected chi connectivity index (χ3v) is 4.54. The minimum absolute atomic E-state index is 0.0195. The molecule has 148 valence electrons. The first-order chi connectivity index (χ1) is 12.7. The molecule has 1 aromatic carbocycles. The number of hydrogen-bond acceptors (Lipinski definition) is 4. The average molecular weight is 373 g/mol. The van der Waals surface area contributed by atoms with Gasteiger partial charge in [-0.1, -0.05) is 33.8 Å². The summed E-state index contributed by atoms with van der Waals surface area (Å²) in [5.74, 6) is -0.441. The van der Waals surface area contributed by atoms with E-state index < -0.39 is 11.5 Å². The Labute approximate surface area is 162 Å². The third-order valence-electron chi connectivity index (χ3n) is 4.54. The predicted molar refractivity (Wildman–Crippen MR) is 115 cm³/mol. The van der Waals surface area contributed by atoms with Crippen LogP contribution in [0.25, 0.3) is 16.5 Å². The van der Waals surface area contributed by atoms with E-state index in [0.717, 1.165) is 22.2 Å². The standard InChI is InChI=1S/C18H20N2O3.2C2H6/c1-10-9-18(2,3)20(5)14-8-15-11(6-12(10)14)7-13(16(21)19-4)17(22)23-15;2*1-2/h6-9H,1-5H3,(H,19,21);2*1-2H3. The second kappa shape index (κ2) is 8.89. The largest absolute Gasteiger partial charge is 0.422 e. The van der Waals surface area contributed by atoms with Crippen LogP contribution in [0.3, 0.4) is 0 Å². The topological polar surface area (TPSA) is 62.6 Å². The number of fused-ring (bicyclic) bond motifs is 2. The van der Waals surface area contributed by atoms with Gasteiger partial charge in [0.25, 0.3) is 5.91 Å². The zero-order valence-corrected chi connectivity index (χ0v) is 18.0. The molecule has 2 heterocycles. The Morgan fingerprint density at radius 1 is 1.11 bits per heavy atom. The lowest BCUT2D eigenvalue weighted by atomic mass is 9.88. The molecule has 0 saturated carbocycles. The van der Waals surface area contributed by atoms with Gasteiger partial charge in [0.15, 0.2) is 0 Å². The van der Waals surface area contributed by atoms with Gasteiger partial charge in [-0.25, -0.2) is 4.79 Å². The molecule has 0 fully saturated rings. The number of hydrogen-bond donors (Lipinski definition) is 1. The highest BCUT2D eigenvalue weighted by atomic mass is 16.4. The van der Waals surface area contributed by atoms with E-state index in [1.807, 2.05) is 46.9 Å². The fraction of sp³-hybridized carbons (Fsp3) is 0.455. The van der Waals surface area contributed by atoms with Gasteiger partial charge in [-0.05, 0) is 38.5 Å². The second-order valence-corrected chi connectivity index (χ2v) is 6.47. The first-order valence-corrected chi connectivity index (χ1v) is 9.52. The predicted octanol–water partition coefficient (Wildman–Crippen LogP) is 4.84. The van der Waals surface area contributed by atoms with Gasteiger partial charge in [-0.3, -0.25) is 4.79 Å². The first-order valence-electron chi connectivity index (χ1n) is 9.52. The molecule has 0 spiro atoms. The normalized spacial score (nSPS) is 14.1. The van der Waals surface area contributed by atoms with Crippen LogP contribution in [0.15, 0.2) is 33.5 Å². The number of anilines is 1. The van der Waals surface area contributed by atoms with E-state index in [-0.39, 0.29) is 11.1 Å². The minimum atomic E-state index is -0.623. The van der Waals surface area contributed by atoms with Crippen LogP contribution in [0.1, 0.15) is 64.4 Å². The summed E-state index contributed by atoms with van der Waals surface area (Å²) >= 11 is 0. The number of likely N-dealkylation sites (N-methyl/N-ethyl adjacent to an activating group) is 1. The molecule has 1 aliphatic rings. The Morgan fingerprint density at radius 2 is 1.70 bits per heavy atom. The first kappa shape index (κ1) is 22.5. The maximum atomic E-state index is 12.0. The number of allylic oxidation sites excluding steroid dienone is 1. The van der Waals surface area contributed by atoms with Crippen molar-refractivity contribution in [1.82, 2.24) is 5.32 Å². The quantitative estimate of drug-likeness (QED) is 0.728. The van der Waals surface area contributed by atoms with Crippen LogP contribution in [0.2, 0.25) is 0 Å². The molecule has 0 bridgehead atoms. The van der Waals surface area contributed by atoms with Crippen molar-refractivity contribution in [3.63, 3.8) is 0 Å². The Bertz CT molecular complexity index is 908. The van der Waals surface area contributed by atoms with E-state index in [9.17, 15) is 9.59 Å². The lowest BCUT2D eigenvalue weighted by Crippen LogP contribution is -2.42. The zero-order valence-electron chi connectivity index (χ0n) is 18.0. The SMILES string of the molecule is CC.CC.CNC(=O)c1cc2cc3c(cc2oc1=O)N(C)C(C)(C)C=C3C. The Hall–Kier alpha value is -2.56. The molecule has 0 aliphatic carbocycles. The average Bonchev–Trinajstić information content (AvgIpc) is 2.67. The molecule has 5 heteroatoms. The number of carbonyl (C=O) groups excluding carboxylic acids is 1. The van der Waals surface area contributed by atoms with Crippen LogP contribution < -0.4 is 15.8 Å². The Balaban J connectivity index is 0.000000855. The van der Waals surface area contributed by atoms with E-state index in [2.05, 4.69) is 37.1 Å². The molecule has 1 N–H and O–H groups in total. The Morgan fingerprint density at radius 3 is 2.26 bits per heavy atom. The number of benzene rings is 1. The van der Waals surface area contributed by atoms with E-state index >= 15 is 0 Å². The van der Waals surface area contributed by atoms with Gasteiger partial charge in [0.2, 0.25) is 0 Å². The third kappa shape index (κ3) is 4.24. The second-order valence-electron chi connectivity index (χ2n) is 6.47. The molecule has 0 atom stereocenters. The van der Waals surface area contributed by atoms with Crippen molar-refractivity contribution in [3.8, 4) is 0 Å². The lowest BCUT2D eigenvalue weighted by molar-refractivity contribution is 0.0959. The number of nitrogens with zero attached hydrogens (tertiary/aromatic N) is 1. The maximum absolute atomic E-state index is 12.0. The summed E-state index contributed by atoms with van der Waals surface area (Å²) in [5, 5.41) is 3.20. The van der Waals surface area contributed by atoms with Crippen LogP contribution >= 0.6 is 0 Å². The van der Waals surface area contributed by atoms with Crippen molar-refractivity contribution in [3.05, 3.63) is 45.8 Å². The fourth-order valence-electron chi connectivity index (χ4n) is 3.06. The monoisotopic (exact) mass is 372 g/mol. The van der Waals surface area contributed by atoms with Crippen molar-refractivity contribution in [1.29, 1.82) is 0 Å². The van der Waals surface area contributed by atoms with Crippen molar-refractivity contribution in [2.75, 3.05) is 19.0 Å². The minimum Gasteiger partial charge on any atom is -0.422 e. The molecule has 3 rings (SSSR count). The summed E-state index contributed by atoms with van der Waals surface area (Å²) in [6.45, 7) is 14.3. The summed E-state index contributed by atoms with van der Waals surface area (Å²) < 4.78 is 5.37. The molecule has 0 radical (unpaired) electrons. The van der Waals surface area contributed by atoms with Crippen LogP contribution in [0, 0.1) is 0 Å². The van der Waals surface area contributed by atoms with Gasteiger partial charge in [0.05, 0.1) is 5.54 Å². The van der Waals surface area contributed by atoms with Crippen LogP contribution in [0.5, 0.6) is 0 Å². The molecular weight excluding hydrogens is 340 g/mol. The molecule has 27 heavy (non-hydrogen) atoms.